The average molecular weight is 305 g/mol. The van der Waals surface area contributed by atoms with E-state index in [4.69, 9.17) is 4.74 Å². The van der Waals surface area contributed by atoms with E-state index >= 15 is 0 Å². The van der Waals surface area contributed by atoms with E-state index in [1.165, 1.54) is 24.3 Å². The molecule has 0 heterocycles. The topological polar surface area (TPSA) is 47.6 Å². The fourth-order valence-corrected chi connectivity index (χ4v) is 1.76. The number of methoxy groups -OCH3 is 1. The second-order valence-corrected chi connectivity index (χ2v) is 4.56. The van der Waals surface area contributed by atoms with Crippen LogP contribution in [0.2, 0.25) is 0 Å². The van der Waals surface area contributed by atoms with E-state index in [0.29, 0.717) is 13.2 Å². The number of benzene rings is 1. The molecule has 0 radical (unpaired) electrons. The van der Waals surface area contributed by atoms with Gasteiger partial charge < -0.3 is 14.8 Å². The third-order valence-electron chi connectivity index (χ3n) is 2.80. The maximum atomic E-state index is 12.0. The molecule has 0 aromatic heterocycles. The average Bonchev–Trinajstić information content (AvgIpc) is 2.38. The van der Waals surface area contributed by atoms with Gasteiger partial charge in [0.15, 0.2) is 0 Å². The molecule has 1 N–H and O–H groups in total. The van der Waals surface area contributed by atoms with Crippen LogP contribution < -0.4 is 10.1 Å². The van der Waals surface area contributed by atoms with Crippen LogP contribution in [0.15, 0.2) is 24.3 Å². The van der Waals surface area contributed by atoms with Gasteiger partial charge in [-0.2, -0.15) is 0 Å². The van der Waals surface area contributed by atoms with Crippen molar-refractivity contribution in [2.45, 2.75) is 25.6 Å². The number of rotatable bonds is 7. The first-order chi connectivity index (χ1) is 9.81. The molecule has 0 bridgehead atoms. The van der Waals surface area contributed by atoms with Crippen molar-refractivity contribution in [3.63, 3.8) is 0 Å². The van der Waals surface area contributed by atoms with E-state index in [2.05, 4.69) is 10.1 Å². The maximum absolute atomic E-state index is 12.0. The molecule has 0 fully saturated rings. The zero-order valence-electron chi connectivity index (χ0n) is 11.9. The number of hydrogen-bond donors (Lipinski definition) is 1. The zero-order chi connectivity index (χ0) is 15.9. The molecule has 1 rings (SSSR count). The van der Waals surface area contributed by atoms with Crippen molar-refractivity contribution in [3.05, 3.63) is 29.8 Å². The third-order valence-corrected chi connectivity index (χ3v) is 2.80. The molecule has 1 atom stereocenters. The van der Waals surface area contributed by atoms with Crippen molar-refractivity contribution in [2.24, 2.45) is 0 Å². The summed E-state index contributed by atoms with van der Waals surface area (Å²) in [6.07, 6.45) is -4.45. The minimum Gasteiger partial charge on any atom is -0.406 e. The Hall–Kier alpha value is -1.76. The van der Waals surface area contributed by atoms with Crippen LogP contribution in [0, 0.1) is 0 Å². The minimum atomic E-state index is -4.70. The zero-order valence-corrected chi connectivity index (χ0v) is 11.9. The Morgan fingerprint density at radius 3 is 2.43 bits per heavy atom. The largest absolute Gasteiger partial charge is 0.573 e. The van der Waals surface area contributed by atoms with Crippen molar-refractivity contribution in [2.75, 3.05) is 20.3 Å². The summed E-state index contributed by atoms with van der Waals surface area (Å²) in [5.74, 6) is -0.509. The van der Waals surface area contributed by atoms with Crippen molar-refractivity contribution in [1.29, 1.82) is 0 Å². The van der Waals surface area contributed by atoms with E-state index in [1.54, 1.807) is 7.11 Å². The maximum Gasteiger partial charge on any atom is 0.573 e. The SMILES string of the molecule is COCCNC(=O)CC(C)c1ccc(OC(F)(F)F)cc1. The number of ether oxygens (including phenoxy) is 2. The first kappa shape index (κ1) is 17.3. The highest BCUT2D eigenvalue weighted by Gasteiger charge is 2.31. The fourth-order valence-electron chi connectivity index (χ4n) is 1.76. The second-order valence-electron chi connectivity index (χ2n) is 4.56. The van der Waals surface area contributed by atoms with Crippen LogP contribution in [0.25, 0.3) is 0 Å². The predicted octanol–water partition coefficient (Wildman–Crippen LogP) is 2.84. The molecule has 118 valence electrons. The Labute approximate surface area is 121 Å². The van der Waals surface area contributed by atoms with Gasteiger partial charge in [-0.25, -0.2) is 0 Å². The Bertz CT molecular complexity index is 446. The van der Waals surface area contributed by atoms with Crippen LogP contribution in [0.4, 0.5) is 13.2 Å². The molecule has 1 aromatic rings. The summed E-state index contributed by atoms with van der Waals surface area (Å²) < 4.78 is 44.7. The third kappa shape index (κ3) is 6.99. The lowest BCUT2D eigenvalue weighted by Crippen LogP contribution is -2.27. The van der Waals surface area contributed by atoms with E-state index in [-0.39, 0.29) is 24.0 Å². The van der Waals surface area contributed by atoms with Gasteiger partial charge in [-0.05, 0) is 23.6 Å². The number of carbonyl (C=O) groups is 1. The molecule has 0 spiro atoms. The van der Waals surface area contributed by atoms with Gasteiger partial charge in [0.05, 0.1) is 6.61 Å². The van der Waals surface area contributed by atoms with E-state index in [0.717, 1.165) is 5.56 Å². The molecule has 0 aliphatic heterocycles. The van der Waals surface area contributed by atoms with Gasteiger partial charge >= 0.3 is 6.36 Å². The standard InChI is InChI=1S/C14H18F3NO3/c1-10(9-13(19)18-7-8-20-2)11-3-5-12(6-4-11)21-14(15,16)17/h3-6,10H,7-9H2,1-2H3,(H,18,19). The van der Waals surface area contributed by atoms with Crippen LogP contribution in [0.1, 0.15) is 24.8 Å². The number of hydrogen-bond acceptors (Lipinski definition) is 3. The van der Waals surface area contributed by atoms with Crippen molar-refractivity contribution in [1.82, 2.24) is 5.32 Å². The Kier molecular flexibility index (Phi) is 6.48. The Morgan fingerprint density at radius 2 is 1.90 bits per heavy atom. The number of alkyl halides is 3. The van der Waals surface area contributed by atoms with Gasteiger partial charge in [0.2, 0.25) is 5.91 Å². The highest BCUT2D eigenvalue weighted by molar-refractivity contribution is 5.76. The fraction of sp³-hybridized carbons (Fsp3) is 0.500. The summed E-state index contributed by atoms with van der Waals surface area (Å²) >= 11 is 0. The van der Waals surface area contributed by atoms with E-state index < -0.39 is 6.36 Å². The number of amides is 1. The van der Waals surface area contributed by atoms with Crippen molar-refractivity contribution >= 4 is 5.91 Å². The van der Waals surface area contributed by atoms with Gasteiger partial charge in [-0.1, -0.05) is 19.1 Å². The van der Waals surface area contributed by atoms with Crippen LogP contribution in [0.5, 0.6) is 5.75 Å². The molecule has 0 aliphatic rings. The number of nitrogens with one attached hydrogen (secondary N) is 1. The van der Waals surface area contributed by atoms with Gasteiger partial charge in [0.1, 0.15) is 5.75 Å². The number of carbonyl (C=O) groups excluding carboxylic acids is 1. The molecule has 21 heavy (non-hydrogen) atoms. The highest BCUT2D eigenvalue weighted by atomic mass is 19.4. The lowest BCUT2D eigenvalue weighted by molar-refractivity contribution is -0.274. The smallest absolute Gasteiger partial charge is 0.406 e. The van der Waals surface area contributed by atoms with Crippen molar-refractivity contribution in [3.8, 4) is 5.75 Å². The predicted molar refractivity (Wildman–Crippen MR) is 71.0 cm³/mol. The van der Waals surface area contributed by atoms with E-state index in [9.17, 15) is 18.0 Å². The summed E-state index contributed by atoms with van der Waals surface area (Å²) in [6, 6.07) is 5.52. The molecule has 1 aromatic carbocycles. The summed E-state index contributed by atoms with van der Waals surface area (Å²) in [4.78, 5) is 11.6. The Morgan fingerprint density at radius 1 is 1.29 bits per heavy atom. The molecule has 1 unspecified atom stereocenters. The number of halogens is 3. The molecule has 7 heteroatoms. The first-order valence-corrected chi connectivity index (χ1v) is 6.43. The van der Waals surface area contributed by atoms with Gasteiger partial charge in [-0.3, -0.25) is 4.79 Å². The summed E-state index contributed by atoms with van der Waals surface area (Å²) in [5, 5.41) is 2.69. The molecular weight excluding hydrogens is 287 g/mol. The lowest BCUT2D eigenvalue weighted by Gasteiger charge is -2.13. The molecule has 0 saturated carbocycles. The Balaban J connectivity index is 2.51. The van der Waals surface area contributed by atoms with Crippen LogP contribution in [-0.4, -0.2) is 32.5 Å². The van der Waals surface area contributed by atoms with Crippen LogP contribution in [-0.2, 0) is 9.53 Å². The molecule has 0 saturated heterocycles. The summed E-state index contributed by atoms with van der Waals surface area (Å²) in [5.41, 5.74) is 0.770. The van der Waals surface area contributed by atoms with E-state index in [1.807, 2.05) is 6.92 Å². The van der Waals surface area contributed by atoms with Crippen LogP contribution >= 0.6 is 0 Å². The van der Waals surface area contributed by atoms with Gasteiger partial charge in [0.25, 0.3) is 0 Å². The normalized spacial score (nSPS) is 12.8. The molecule has 0 aliphatic carbocycles. The van der Waals surface area contributed by atoms with Gasteiger partial charge in [0, 0.05) is 20.1 Å². The molecule has 4 nitrogen and oxygen atoms in total. The summed E-state index contributed by atoms with van der Waals surface area (Å²) in [7, 11) is 1.54. The minimum absolute atomic E-state index is 0.104. The molecular formula is C14H18F3NO3. The van der Waals surface area contributed by atoms with Crippen LogP contribution in [0.3, 0.4) is 0 Å². The lowest BCUT2D eigenvalue weighted by atomic mass is 9.97. The highest BCUT2D eigenvalue weighted by Crippen LogP contribution is 2.25. The quantitative estimate of drug-likeness (QED) is 0.788. The van der Waals surface area contributed by atoms with Gasteiger partial charge in [-0.15, -0.1) is 13.2 Å². The summed E-state index contributed by atoms with van der Waals surface area (Å²) in [6.45, 7) is 2.69. The van der Waals surface area contributed by atoms with Crippen molar-refractivity contribution < 1.29 is 27.4 Å². The second kappa shape index (κ2) is 7.87. The first-order valence-electron chi connectivity index (χ1n) is 6.43. The molecule has 1 amide bonds. The monoisotopic (exact) mass is 305 g/mol.